The van der Waals surface area contributed by atoms with Crippen molar-refractivity contribution in [3.63, 3.8) is 0 Å². The molecular weight excluding hydrogens is 448 g/mol. The summed E-state index contributed by atoms with van der Waals surface area (Å²) in [6.07, 6.45) is 1.28. The number of imide groups is 1. The molecule has 34 heavy (non-hydrogen) atoms. The van der Waals surface area contributed by atoms with Crippen LogP contribution in [0.4, 0.5) is 4.79 Å². The number of urea groups is 1. The minimum absolute atomic E-state index is 0.143. The second-order valence-electron chi connectivity index (χ2n) is 8.35. The van der Waals surface area contributed by atoms with E-state index in [1.165, 1.54) is 4.90 Å². The van der Waals surface area contributed by atoms with Crippen molar-refractivity contribution in [2.75, 3.05) is 6.79 Å². The van der Waals surface area contributed by atoms with Crippen LogP contribution in [0.2, 0.25) is 0 Å². The molecule has 1 saturated heterocycles. The fraction of sp³-hybridized carbons (Fsp3) is 0.259. The van der Waals surface area contributed by atoms with Crippen LogP contribution in [0.15, 0.2) is 83.8 Å². The fourth-order valence-corrected chi connectivity index (χ4v) is 5.61. The molecule has 0 aliphatic carbocycles. The third-order valence-electron chi connectivity index (χ3n) is 6.18. The van der Waals surface area contributed by atoms with Crippen molar-refractivity contribution < 1.29 is 19.1 Å². The molecule has 5 rings (SSSR count). The number of β-lactam (4-membered cyclic amide) rings is 1. The number of amides is 3. The fourth-order valence-electron chi connectivity index (χ4n) is 4.34. The number of carbonyl (C=O) groups excluding carboxylic acids is 2. The lowest BCUT2D eigenvalue weighted by Gasteiger charge is -2.45. The zero-order valence-electron chi connectivity index (χ0n) is 18.8. The van der Waals surface area contributed by atoms with Crippen LogP contribution >= 0.6 is 11.8 Å². The SMILES string of the molecule is CCC(NC(=O)N1C(=O)C(Cc2ccccc2)C1Sc1ccccc1)c1ccc2c(c1)OCO2. The molecule has 3 aromatic rings. The number of benzene rings is 3. The Kier molecular flexibility index (Phi) is 6.45. The number of fused-ring (bicyclic) bond motifs is 1. The van der Waals surface area contributed by atoms with Gasteiger partial charge < -0.3 is 14.8 Å². The van der Waals surface area contributed by atoms with Gasteiger partial charge in [-0.25, -0.2) is 4.79 Å². The van der Waals surface area contributed by atoms with Gasteiger partial charge in [0.25, 0.3) is 0 Å². The third kappa shape index (κ3) is 4.48. The first-order valence-electron chi connectivity index (χ1n) is 11.4. The molecule has 6 nitrogen and oxygen atoms in total. The van der Waals surface area contributed by atoms with Crippen LogP contribution in [-0.2, 0) is 11.2 Å². The molecule has 2 aliphatic heterocycles. The molecule has 3 atom stereocenters. The maximum absolute atomic E-state index is 13.3. The Labute approximate surface area is 203 Å². The first-order valence-corrected chi connectivity index (χ1v) is 12.3. The van der Waals surface area contributed by atoms with E-state index in [-0.39, 0.29) is 36.1 Å². The van der Waals surface area contributed by atoms with Crippen LogP contribution in [0.3, 0.4) is 0 Å². The van der Waals surface area contributed by atoms with Crippen molar-refractivity contribution in [3.05, 3.63) is 90.0 Å². The van der Waals surface area contributed by atoms with Gasteiger partial charge in [-0.3, -0.25) is 9.69 Å². The van der Waals surface area contributed by atoms with E-state index in [0.717, 1.165) is 16.0 Å². The Morgan fingerprint density at radius 2 is 1.74 bits per heavy atom. The van der Waals surface area contributed by atoms with Crippen molar-refractivity contribution in [2.24, 2.45) is 5.92 Å². The normalized spacial score (nSPS) is 19.4. The lowest BCUT2D eigenvalue weighted by Crippen LogP contribution is -2.64. The van der Waals surface area contributed by atoms with E-state index >= 15 is 0 Å². The molecule has 2 aliphatic rings. The first kappa shape index (κ1) is 22.3. The quantitative estimate of drug-likeness (QED) is 0.465. The van der Waals surface area contributed by atoms with Crippen LogP contribution < -0.4 is 14.8 Å². The molecule has 1 N–H and O–H groups in total. The molecule has 3 aromatic carbocycles. The minimum atomic E-state index is -0.368. The number of hydrogen-bond acceptors (Lipinski definition) is 5. The van der Waals surface area contributed by atoms with Gasteiger partial charge in [0, 0.05) is 4.90 Å². The second kappa shape index (κ2) is 9.81. The first-order chi connectivity index (χ1) is 16.6. The number of ether oxygens (including phenoxy) is 2. The molecule has 0 radical (unpaired) electrons. The Morgan fingerprint density at radius 3 is 2.47 bits per heavy atom. The summed E-state index contributed by atoms with van der Waals surface area (Å²) < 4.78 is 10.9. The number of hydrogen-bond donors (Lipinski definition) is 1. The van der Waals surface area contributed by atoms with E-state index in [1.54, 1.807) is 11.8 Å². The predicted molar refractivity (Wildman–Crippen MR) is 131 cm³/mol. The highest BCUT2D eigenvalue weighted by Crippen LogP contribution is 2.41. The third-order valence-corrected chi connectivity index (χ3v) is 7.50. The van der Waals surface area contributed by atoms with Crippen LogP contribution in [0.5, 0.6) is 11.5 Å². The summed E-state index contributed by atoms with van der Waals surface area (Å²) >= 11 is 1.55. The van der Waals surface area contributed by atoms with Gasteiger partial charge in [0.05, 0.1) is 12.0 Å². The number of nitrogens with zero attached hydrogens (tertiary/aromatic N) is 1. The molecule has 0 bridgehead atoms. The molecule has 0 spiro atoms. The standard InChI is InChI=1S/C27H26N2O4S/c1-2-22(19-13-14-23-24(16-19)33-17-32-23)28-27(31)29-25(30)21(15-18-9-5-3-6-10-18)26(29)34-20-11-7-4-8-12-20/h3-14,16,21-22,26H,2,15,17H2,1H3,(H,28,31). The highest BCUT2D eigenvalue weighted by Gasteiger charge is 2.51. The largest absolute Gasteiger partial charge is 0.454 e. The minimum Gasteiger partial charge on any atom is -0.454 e. The summed E-state index contributed by atoms with van der Waals surface area (Å²) in [7, 11) is 0. The van der Waals surface area contributed by atoms with Gasteiger partial charge in [0.1, 0.15) is 5.37 Å². The lowest BCUT2D eigenvalue weighted by atomic mass is 9.91. The van der Waals surface area contributed by atoms with Crippen LogP contribution in [0.1, 0.15) is 30.5 Å². The molecule has 3 amide bonds. The molecular formula is C27H26N2O4S. The van der Waals surface area contributed by atoms with Crippen LogP contribution in [0.25, 0.3) is 0 Å². The average Bonchev–Trinajstić information content (AvgIpc) is 3.35. The van der Waals surface area contributed by atoms with E-state index in [9.17, 15) is 9.59 Å². The topological polar surface area (TPSA) is 67.9 Å². The molecule has 0 saturated carbocycles. The van der Waals surface area contributed by atoms with E-state index in [1.807, 2.05) is 85.8 Å². The molecule has 7 heteroatoms. The Morgan fingerprint density at radius 1 is 1.03 bits per heavy atom. The van der Waals surface area contributed by atoms with Gasteiger partial charge in [-0.1, -0.05) is 73.3 Å². The maximum Gasteiger partial charge on any atom is 0.325 e. The number of rotatable bonds is 7. The smallest absolute Gasteiger partial charge is 0.325 e. The lowest BCUT2D eigenvalue weighted by molar-refractivity contribution is -0.144. The summed E-state index contributed by atoms with van der Waals surface area (Å²) in [6.45, 7) is 2.20. The van der Waals surface area contributed by atoms with Gasteiger partial charge in [-0.2, -0.15) is 0 Å². The summed E-state index contributed by atoms with van der Waals surface area (Å²) in [5, 5.41) is 2.79. The number of nitrogens with one attached hydrogen (secondary N) is 1. The van der Waals surface area contributed by atoms with Gasteiger partial charge >= 0.3 is 6.03 Å². The second-order valence-corrected chi connectivity index (χ2v) is 9.54. The Hall–Kier alpha value is -3.45. The summed E-state index contributed by atoms with van der Waals surface area (Å²) in [4.78, 5) is 28.9. The van der Waals surface area contributed by atoms with Crippen molar-refractivity contribution in [1.29, 1.82) is 0 Å². The zero-order valence-corrected chi connectivity index (χ0v) is 19.7. The van der Waals surface area contributed by atoms with Crippen LogP contribution in [-0.4, -0.2) is 29.0 Å². The zero-order chi connectivity index (χ0) is 23.5. The maximum atomic E-state index is 13.3. The Bertz CT molecular complexity index is 1170. The number of thioether (sulfide) groups is 1. The molecule has 0 aromatic heterocycles. The molecule has 174 valence electrons. The monoisotopic (exact) mass is 474 g/mol. The van der Waals surface area contributed by atoms with Gasteiger partial charge in [-0.05, 0) is 48.2 Å². The van der Waals surface area contributed by atoms with Crippen molar-refractivity contribution in [3.8, 4) is 11.5 Å². The average molecular weight is 475 g/mol. The highest BCUT2D eigenvalue weighted by molar-refractivity contribution is 8.00. The molecule has 2 heterocycles. The summed E-state index contributed by atoms with van der Waals surface area (Å²) in [5.74, 6) is 0.968. The van der Waals surface area contributed by atoms with E-state index in [0.29, 0.717) is 24.3 Å². The van der Waals surface area contributed by atoms with E-state index in [2.05, 4.69) is 5.32 Å². The van der Waals surface area contributed by atoms with Crippen molar-refractivity contribution in [1.82, 2.24) is 10.2 Å². The van der Waals surface area contributed by atoms with Gasteiger partial charge in [-0.15, -0.1) is 0 Å². The predicted octanol–water partition coefficient (Wildman–Crippen LogP) is 5.40. The van der Waals surface area contributed by atoms with Crippen LogP contribution in [0, 0.1) is 5.92 Å². The number of likely N-dealkylation sites (tertiary alicyclic amines) is 1. The molecule has 3 unspecified atom stereocenters. The van der Waals surface area contributed by atoms with Gasteiger partial charge in [0.2, 0.25) is 12.7 Å². The van der Waals surface area contributed by atoms with E-state index < -0.39 is 0 Å². The van der Waals surface area contributed by atoms with Crippen molar-refractivity contribution in [2.45, 2.75) is 36.1 Å². The Balaban J connectivity index is 1.34. The van der Waals surface area contributed by atoms with Crippen molar-refractivity contribution >= 4 is 23.7 Å². The summed E-state index contributed by atoms with van der Waals surface area (Å²) in [5.41, 5.74) is 2.01. The molecule has 1 fully saturated rings. The summed E-state index contributed by atoms with van der Waals surface area (Å²) in [6, 6.07) is 24.9. The van der Waals surface area contributed by atoms with Gasteiger partial charge in [0.15, 0.2) is 11.5 Å². The highest BCUT2D eigenvalue weighted by atomic mass is 32.2. The van der Waals surface area contributed by atoms with E-state index in [4.69, 9.17) is 9.47 Å². The number of carbonyl (C=O) groups is 2.